The monoisotopic (exact) mass is 277 g/mol. The zero-order valence-corrected chi connectivity index (χ0v) is 10.8. The maximum Gasteiger partial charge on any atom is 0.351 e. The fraction of sp³-hybridized carbons (Fsp3) is 0.429. The van der Waals surface area contributed by atoms with Crippen molar-refractivity contribution < 1.29 is 23.8 Å². The number of hydrogen-bond donors (Lipinski definition) is 1. The van der Waals surface area contributed by atoms with Gasteiger partial charge in [-0.05, 0) is 25.0 Å². The van der Waals surface area contributed by atoms with Gasteiger partial charge in [-0.2, -0.15) is 0 Å². The van der Waals surface area contributed by atoms with Crippen LogP contribution < -0.4 is 14.8 Å². The Morgan fingerprint density at radius 2 is 2.00 bits per heavy atom. The van der Waals surface area contributed by atoms with Gasteiger partial charge in [0.1, 0.15) is 6.61 Å². The van der Waals surface area contributed by atoms with E-state index in [1.165, 1.54) is 0 Å². The van der Waals surface area contributed by atoms with E-state index in [0.717, 1.165) is 12.8 Å². The van der Waals surface area contributed by atoms with Crippen molar-refractivity contribution in [2.75, 3.05) is 13.2 Å². The van der Waals surface area contributed by atoms with Crippen molar-refractivity contribution >= 4 is 11.9 Å². The van der Waals surface area contributed by atoms with Crippen molar-refractivity contribution in [3.05, 3.63) is 24.3 Å². The third-order valence-corrected chi connectivity index (χ3v) is 3.06. The second-order valence-electron chi connectivity index (χ2n) is 4.81. The number of carbonyl (C=O) groups is 2. The average molecular weight is 277 g/mol. The Balaban J connectivity index is 1.49. The molecular weight excluding hydrogens is 262 g/mol. The molecule has 1 atom stereocenters. The molecule has 0 spiro atoms. The molecule has 1 saturated carbocycles. The van der Waals surface area contributed by atoms with Crippen LogP contribution in [-0.4, -0.2) is 37.2 Å². The van der Waals surface area contributed by atoms with Crippen LogP contribution in [0.25, 0.3) is 0 Å². The van der Waals surface area contributed by atoms with Gasteiger partial charge >= 0.3 is 5.97 Å². The van der Waals surface area contributed by atoms with Gasteiger partial charge in [0, 0.05) is 6.04 Å². The molecule has 1 unspecified atom stereocenters. The van der Waals surface area contributed by atoms with E-state index in [-0.39, 0.29) is 25.2 Å². The van der Waals surface area contributed by atoms with E-state index in [4.69, 9.17) is 14.2 Å². The predicted molar refractivity (Wildman–Crippen MR) is 68.5 cm³/mol. The number of ether oxygens (including phenoxy) is 3. The second-order valence-corrected chi connectivity index (χ2v) is 4.81. The average Bonchev–Trinajstić information content (AvgIpc) is 3.28. The zero-order valence-electron chi connectivity index (χ0n) is 10.8. The molecule has 1 aliphatic carbocycles. The number of nitrogens with one attached hydrogen (secondary N) is 1. The van der Waals surface area contributed by atoms with E-state index in [2.05, 4.69) is 5.32 Å². The molecule has 0 saturated heterocycles. The number of rotatable bonds is 4. The van der Waals surface area contributed by atoms with E-state index >= 15 is 0 Å². The van der Waals surface area contributed by atoms with Gasteiger partial charge in [-0.1, -0.05) is 12.1 Å². The first kappa shape index (κ1) is 12.8. The number of carbonyl (C=O) groups excluding carboxylic acids is 2. The van der Waals surface area contributed by atoms with Crippen LogP contribution in [0.3, 0.4) is 0 Å². The quantitative estimate of drug-likeness (QED) is 0.818. The van der Waals surface area contributed by atoms with Gasteiger partial charge in [0.15, 0.2) is 18.1 Å². The normalized spacial score (nSPS) is 20.1. The largest absolute Gasteiger partial charge is 0.485 e. The summed E-state index contributed by atoms with van der Waals surface area (Å²) in [5.41, 5.74) is 0. The third kappa shape index (κ3) is 3.01. The summed E-state index contributed by atoms with van der Waals surface area (Å²) in [5.74, 6) is 0.231. The molecule has 3 rings (SSSR count). The lowest BCUT2D eigenvalue weighted by atomic mass is 10.2. The smallest absolute Gasteiger partial charge is 0.351 e. The Labute approximate surface area is 116 Å². The summed E-state index contributed by atoms with van der Waals surface area (Å²) in [6.45, 7) is -0.197. The highest BCUT2D eigenvalue weighted by atomic mass is 16.6. The molecule has 1 aliphatic heterocycles. The molecule has 6 heteroatoms. The van der Waals surface area contributed by atoms with Crippen molar-refractivity contribution in [1.82, 2.24) is 5.32 Å². The predicted octanol–water partition coefficient (Wildman–Crippen LogP) is 0.648. The number of esters is 1. The van der Waals surface area contributed by atoms with E-state index in [9.17, 15) is 9.59 Å². The van der Waals surface area contributed by atoms with Crippen LogP contribution in [0.1, 0.15) is 12.8 Å². The van der Waals surface area contributed by atoms with E-state index in [0.29, 0.717) is 11.5 Å². The maximum absolute atomic E-state index is 11.8. The molecule has 1 heterocycles. The van der Waals surface area contributed by atoms with Gasteiger partial charge < -0.3 is 19.5 Å². The summed E-state index contributed by atoms with van der Waals surface area (Å²) in [5, 5.41) is 2.74. The first-order chi connectivity index (χ1) is 9.72. The van der Waals surface area contributed by atoms with Gasteiger partial charge in [-0.25, -0.2) is 4.79 Å². The number of fused-ring (bicyclic) bond motifs is 1. The minimum atomic E-state index is -0.835. The first-order valence-electron chi connectivity index (χ1n) is 6.57. The molecular formula is C14H15NO5. The van der Waals surface area contributed by atoms with Crippen LogP contribution in [0.15, 0.2) is 24.3 Å². The standard InChI is InChI=1S/C14H15NO5/c16-13(15-9-5-6-9)8-19-14(17)12-7-18-10-3-1-2-4-11(10)20-12/h1-4,9,12H,5-8H2,(H,15,16). The van der Waals surface area contributed by atoms with Gasteiger partial charge in [0.2, 0.25) is 6.10 Å². The van der Waals surface area contributed by atoms with Gasteiger partial charge in [0.25, 0.3) is 5.91 Å². The van der Waals surface area contributed by atoms with Gasteiger partial charge in [-0.15, -0.1) is 0 Å². The fourth-order valence-corrected chi connectivity index (χ4v) is 1.86. The molecule has 1 aromatic rings. The summed E-state index contributed by atoms with van der Waals surface area (Å²) in [4.78, 5) is 23.2. The Hall–Kier alpha value is -2.24. The molecule has 0 aromatic heterocycles. The van der Waals surface area contributed by atoms with E-state index in [1.807, 2.05) is 6.07 Å². The molecule has 0 radical (unpaired) electrons. The lowest BCUT2D eigenvalue weighted by Crippen LogP contribution is -2.40. The summed E-state index contributed by atoms with van der Waals surface area (Å²) < 4.78 is 15.8. The van der Waals surface area contributed by atoms with Crippen LogP contribution in [-0.2, 0) is 14.3 Å². The van der Waals surface area contributed by atoms with Crippen molar-refractivity contribution in [2.45, 2.75) is 25.0 Å². The van der Waals surface area contributed by atoms with Crippen LogP contribution in [0.2, 0.25) is 0 Å². The number of hydrogen-bond acceptors (Lipinski definition) is 5. The molecule has 1 aromatic carbocycles. The molecule has 20 heavy (non-hydrogen) atoms. The Morgan fingerprint density at radius 3 is 2.75 bits per heavy atom. The Bertz CT molecular complexity index is 526. The second kappa shape index (κ2) is 5.40. The fourth-order valence-electron chi connectivity index (χ4n) is 1.86. The molecule has 0 bridgehead atoms. The number of amides is 1. The molecule has 1 fully saturated rings. The topological polar surface area (TPSA) is 73.9 Å². The van der Waals surface area contributed by atoms with Crippen molar-refractivity contribution in [1.29, 1.82) is 0 Å². The van der Waals surface area contributed by atoms with Crippen LogP contribution in [0.5, 0.6) is 11.5 Å². The number of para-hydroxylation sites is 2. The Kier molecular flexibility index (Phi) is 3.45. The molecule has 6 nitrogen and oxygen atoms in total. The summed E-state index contributed by atoms with van der Waals surface area (Å²) >= 11 is 0. The Morgan fingerprint density at radius 1 is 1.25 bits per heavy atom. The minimum Gasteiger partial charge on any atom is -0.485 e. The zero-order chi connectivity index (χ0) is 13.9. The first-order valence-corrected chi connectivity index (χ1v) is 6.57. The van der Waals surface area contributed by atoms with Gasteiger partial charge in [0.05, 0.1) is 0 Å². The lowest BCUT2D eigenvalue weighted by Gasteiger charge is -2.24. The summed E-state index contributed by atoms with van der Waals surface area (Å²) in [6.07, 6.45) is 1.16. The summed E-state index contributed by atoms with van der Waals surface area (Å²) in [7, 11) is 0. The molecule has 106 valence electrons. The van der Waals surface area contributed by atoms with Crippen molar-refractivity contribution in [3.63, 3.8) is 0 Å². The third-order valence-electron chi connectivity index (χ3n) is 3.06. The summed E-state index contributed by atoms with van der Waals surface area (Å²) in [6, 6.07) is 7.35. The van der Waals surface area contributed by atoms with E-state index in [1.54, 1.807) is 18.2 Å². The molecule has 1 N–H and O–H groups in total. The van der Waals surface area contributed by atoms with Crippen molar-refractivity contribution in [3.8, 4) is 11.5 Å². The SMILES string of the molecule is O=C(COC(=O)C1COc2ccccc2O1)NC1CC1. The van der Waals surface area contributed by atoms with Crippen LogP contribution in [0, 0.1) is 0 Å². The highest BCUT2D eigenvalue weighted by Crippen LogP contribution is 2.31. The van der Waals surface area contributed by atoms with Crippen LogP contribution in [0.4, 0.5) is 0 Å². The number of benzene rings is 1. The minimum absolute atomic E-state index is 0.0834. The van der Waals surface area contributed by atoms with Gasteiger partial charge in [-0.3, -0.25) is 4.79 Å². The molecule has 2 aliphatic rings. The lowest BCUT2D eigenvalue weighted by molar-refractivity contribution is -0.157. The maximum atomic E-state index is 11.8. The highest BCUT2D eigenvalue weighted by Gasteiger charge is 2.29. The van der Waals surface area contributed by atoms with E-state index < -0.39 is 12.1 Å². The van der Waals surface area contributed by atoms with Crippen molar-refractivity contribution in [2.24, 2.45) is 0 Å². The molecule has 1 amide bonds. The highest BCUT2D eigenvalue weighted by molar-refractivity contribution is 5.82. The van der Waals surface area contributed by atoms with Crippen LogP contribution >= 0.6 is 0 Å².